The van der Waals surface area contributed by atoms with E-state index in [9.17, 15) is 18.8 Å². The summed E-state index contributed by atoms with van der Waals surface area (Å²) in [5.74, 6) is -1.54. The van der Waals surface area contributed by atoms with Crippen molar-refractivity contribution in [3.05, 3.63) is 35.4 Å². The highest BCUT2D eigenvalue weighted by Crippen LogP contribution is 2.43. The van der Waals surface area contributed by atoms with Gasteiger partial charge in [-0.25, -0.2) is 9.07 Å². The summed E-state index contributed by atoms with van der Waals surface area (Å²) in [6.45, 7) is 0. The van der Waals surface area contributed by atoms with Crippen LogP contribution < -0.4 is 16.0 Å². The average Bonchev–Trinajstić information content (AvgIpc) is 3.15. The van der Waals surface area contributed by atoms with Crippen molar-refractivity contribution < 1.29 is 18.8 Å². The van der Waals surface area contributed by atoms with Gasteiger partial charge >= 0.3 is 0 Å². The Morgan fingerprint density at radius 3 is 2.65 bits per heavy atom. The summed E-state index contributed by atoms with van der Waals surface area (Å²) in [5, 5.41) is 19.6. The number of halogens is 1. The number of carbonyl (C=O) groups excluding carboxylic acids is 3. The van der Waals surface area contributed by atoms with E-state index in [2.05, 4.69) is 31.5 Å². The van der Waals surface area contributed by atoms with E-state index >= 15 is 0 Å². The molecule has 0 unspecified atom stereocenters. The van der Waals surface area contributed by atoms with E-state index in [1.807, 2.05) is 0 Å². The number of anilines is 1. The summed E-state index contributed by atoms with van der Waals surface area (Å²) in [6.07, 6.45) is 5.77. The van der Waals surface area contributed by atoms with Crippen molar-refractivity contribution in [1.82, 2.24) is 30.8 Å². The molecule has 2 atom stereocenters. The zero-order valence-electron chi connectivity index (χ0n) is 16.7. The number of nitrogens with one attached hydrogen (secondary N) is 3. The van der Waals surface area contributed by atoms with Gasteiger partial charge in [0, 0.05) is 24.2 Å². The van der Waals surface area contributed by atoms with Crippen LogP contribution in [0.2, 0.25) is 0 Å². The van der Waals surface area contributed by atoms with E-state index in [4.69, 9.17) is 0 Å². The minimum Gasteiger partial charge on any atom is -0.349 e. The smallest absolute Gasteiger partial charge is 0.254 e. The first-order valence-corrected chi connectivity index (χ1v) is 10.4. The summed E-state index contributed by atoms with van der Waals surface area (Å²) in [4.78, 5) is 37.2. The number of hydrogen-bond donors (Lipinski definition) is 3. The lowest BCUT2D eigenvalue weighted by atomic mass is 9.99. The standard InChI is InChI=1S/C20H22FN7O3/c21-13-9-16-11(4-5-17(29)23-16)8-12(13)18(30)24-14-2-1-3-15(14)25-19(31)20(6-7-20)28-10-22-26-27-28/h8-10,14-15H,1-7H2,(H,23,29)(H,24,30)(H,25,31)/t14-,15+/m0/s1. The van der Waals surface area contributed by atoms with Gasteiger partial charge in [-0.2, -0.15) is 0 Å². The Morgan fingerprint density at radius 1 is 1.16 bits per heavy atom. The summed E-state index contributed by atoms with van der Waals surface area (Å²) in [5.41, 5.74) is 0.336. The molecule has 1 aromatic carbocycles. The van der Waals surface area contributed by atoms with Gasteiger partial charge in [0.05, 0.1) is 5.56 Å². The number of tetrazole rings is 1. The molecular weight excluding hydrogens is 405 g/mol. The number of benzene rings is 1. The fourth-order valence-corrected chi connectivity index (χ4v) is 4.47. The molecule has 2 fully saturated rings. The van der Waals surface area contributed by atoms with Gasteiger partial charge in [-0.1, -0.05) is 0 Å². The molecule has 3 aliphatic rings. The van der Waals surface area contributed by atoms with E-state index < -0.39 is 17.3 Å². The molecule has 0 radical (unpaired) electrons. The highest BCUT2D eigenvalue weighted by Gasteiger charge is 2.54. The van der Waals surface area contributed by atoms with Crippen LogP contribution in [0, 0.1) is 5.82 Å². The molecule has 3 N–H and O–H groups in total. The molecule has 3 amide bonds. The van der Waals surface area contributed by atoms with Gasteiger partial charge in [0.15, 0.2) is 0 Å². The third-order valence-electron chi connectivity index (χ3n) is 6.42. The maximum atomic E-state index is 14.6. The molecule has 2 aliphatic carbocycles. The van der Waals surface area contributed by atoms with E-state index in [1.54, 1.807) is 0 Å². The molecule has 2 heterocycles. The minimum atomic E-state index is -0.754. The molecule has 10 nitrogen and oxygen atoms in total. The second-order valence-electron chi connectivity index (χ2n) is 8.41. The topological polar surface area (TPSA) is 131 Å². The predicted molar refractivity (Wildman–Crippen MR) is 105 cm³/mol. The third kappa shape index (κ3) is 3.53. The van der Waals surface area contributed by atoms with Crippen LogP contribution in [0.3, 0.4) is 0 Å². The zero-order chi connectivity index (χ0) is 21.6. The maximum absolute atomic E-state index is 14.6. The van der Waals surface area contributed by atoms with Crippen molar-refractivity contribution >= 4 is 23.4 Å². The summed E-state index contributed by atoms with van der Waals surface area (Å²) >= 11 is 0. The van der Waals surface area contributed by atoms with Crippen LogP contribution in [0.1, 0.15) is 54.4 Å². The molecule has 0 bridgehead atoms. The van der Waals surface area contributed by atoms with Crippen molar-refractivity contribution in [1.29, 1.82) is 0 Å². The molecule has 2 saturated carbocycles. The summed E-state index contributed by atoms with van der Waals surface area (Å²) in [6, 6.07) is 2.15. The van der Waals surface area contributed by atoms with Crippen LogP contribution in [-0.2, 0) is 21.5 Å². The molecule has 1 aliphatic heterocycles. The Kier molecular flexibility index (Phi) is 4.67. The van der Waals surface area contributed by atoms with Crippen LogP contribution in [0.15, 0.2) is 18.5 Å². The second kappa shape index (κ2) is 7.40. The highest BCUT2D eigenvalue weighted by atomic mass is 19.1. The van der Waals surface area contributed by atoms with Gasteiger partial charge in [0.2, 0.25) is 11.8 Å². The fourth-order valence-electron chi connectivity index (χ4n) is 4.47. The number of fused-ring (bicyclic) bond motifs is 1. The maximum Gasteiger partial charge on any atom is 0.254 e. The number of aromatic nitrogens is 4. The highest BCUT2D eigenvalue weighted by molar-refractivity contribution is 5.98. The second-order valence-corrected chi connectivity index (χ2v) is 8.41. The van der Waals surface area contributed by atoms with Gasteiger partial charge in [-0.3, -0.25) is 14.4 Å². The Hall–Kier alpha value is -3.37. The number of hydrogen-bond acceptors (Lipinski definition) is 6. The minimum absolute atomic E-state index is 0.0563. The lowest BCUT2D eigenvalue weighted by molar-refractivity contribution is -0.126. The van der Waals surface area contributed by atoms with Gasteiger partial charge in [0.25, 0.3) is 5.91 Å². The molecular formula is C20H22FN7O3. The van der Waals surface area contributed by atoms with Crippen LogP contribution in [0.4, 0.5) is 10.1 Å². The first-order chi connectivity index (χ1) is 15.0. The quantitative estimate of drug-likeness (QED) is 0.642. The van der Waals surface area contributed by atoms with Crippen molar-refractivity contribution in [3.63, 3.8) is 0 Å². The molecule has 5 rings (SSSR count). The van der Waals surface area contributed by atoms with E-state index in [-0.39, 0.29) is 29.5 Å². The van der Waals surface area contributed by atoms with Crippen LogP contribution in [0.25, 0.3) is 0 Å². The van der Waals surface area contributed by atoms with Gasteiger partial charge in [-0.15, -0.1) is 5.10 Å². The number of nitrogens with zero attached hydrogens (tertiary/aromatic N) is 4. The van der Waals surface area contributed by atoms with Crippen molar-refractivity contribution in [2.24, 2.45) is 0 Å². The number of carbonyl (C=O) groups is 3. The van der Waals surface area contributed by atoms with Gasteiger partial charge in [0.1, 0.15) is 17.7 Å². The summed E-state index contributed by atoms with van der Waals surface area (Å²) < 4.78 is 16.0. The lowest BCUT2D eigenvalue weighted by Gasteiger charge is -2.25. The van der Waals surface area contributed by atoms with E-state index in [0.29, 0.717) is 37.8 Å². The predicted octanol–water partition coefficient (Wildman–Crippen LogP) is 0.653. The molecule has 2 aromatic rings. The Labute approximate surface area is 176 Å². The first kappa shape index (κ1) is 19.6. The number of rotatable bonds is 5. The normalized spacial score (nSPS) is 23.6. The molecule has 0 spiro atoms. The van der Waals surface area contributed by atoms with E-state index in [0.717, 1.165) is 18.4 Å². The molecule has 0 saturated heterocycles. The van der Waals surface area contributed by atoms with Crippen LogP contribution >= 0.6 is 0 Å². The van der Waals surface area contributed by atoms with Gasteiger partial charge < -0.3 is 16.0 Å². The van der Waals surface area contributed by atoms with Crippen LogP contribution in [-0.4, -0.2) is 50.0 Å². The Balaban J connectivity index is 1.27. The molecule has 31 heavy (non-hydrogen) atoms. The molecule has 11 heteroatoms. The Bertz CT molecular complexity index is 1050. The largest absolute Gasteiger partial charge is 0.349 e. The molecule has 1 aromatic heterocycles. The first-order valence-electron chi connectivity index (χ1n) is 10.4. The third-order valence-corrected chi connectivity index (χ3v) is 6.42. The monoisotopic (exact) mass is 427 g/mol. The Morgan fingerprint density at radius 2 is 1.94 bits per heavy atom. The van der Waals surface area contributed by atoms with E-state index in [1.165, 1.54) is 23.1 Å². The lowest BCUT2D eigenvalue weighted by Crippen LogP contribution is -2.52. The van der Waals surface area contributed by atoms with Gasteiger partial charge in [-0.05, 0) is 66.6 Å². The van der Waals surface area contributed by atoms with Crippen molar-refractivity contribution in [3.8, 4) is 0 Å². The number of amides is 3. The van der Waals surface area contributed by atoms with Crippen molar-refractivity contribution in [2.75, 3.05) is 5.32 Å². The SMILES string of the molecule is O=C1CCc2cc(C(=O)N[C@H]3CCC[C@H]3NC(=O)C3(n4cnnn4)CC3)c(F)cc2N1. The van der Waals surface area contributed by atoms with Crippen LogP contribution in [0.5, 0.6) is 0 Å². The molecule has 162 valence electrons. The van der Waals surface area contributed by atoms with Crippen molar-refractivity contribution in [2.45, 2.75) is 62.6 Å². The zero-order valence-corrected chi connectivity index (χ0v) is 16.7. The summed E-state index contributed by atoms with van der Waals surface area (Å²) in [7, 11) is 0. The number of aryl methyl sites for hydroxylation is 1. The fraction of sp³-hybridized carbons (Fsp3) is 0.500. The average molecular weight is 427 g/mol.